The highest BCUT2D eigenvalue weighted by atomic mass is 35.5. The standard InChI is InChI=1S/C22H24ClN3O7S/c1-22(2)20(28)24-21(29)25(22)12-11-16(26(30)14-27)13-34(31,32)19-6-4-3-5-18(19)33-17-9-7-15(23)8-10-17/h3-10,14,16,30H,11-13H2,1-2H3,(H,24,28,29). The van der Waals surface area contributed by atoms with Gasteiger partial charge < -0.3 is 9.64 Å². The number of urea groups is 1. The Bertz CT molecular complexity index is 1190. The molecule has 34 heavy (non-hydrogen) atoms. The van der Waals surface area contributed by atoms with E-state index in [9.17, 15) is 28.0 Å². The highest BCUT2D eigenvalue weighted by Gasteiger charge is 2.45. The molecule has 1 aliphatic heterocycles. The summed E-state index contributed by atoms with van der Waals surface area (Å²) >= 11 is 5.88. The molecule has 1 aliphatic rings. The van der Waals surface area contributed by atoms with Crippen LogP contribution in [0.5, 0.6) is 11.5 Å². The molecule has 3 rings (SSSR count). The number of ether oxygens (including phenoxy) is 1. The summed E-state index contributed by atoms with van der Waals surface area (Å²) in [5, 5.41) is 13.0. The van der Waals surface area contributed by atoms with Crippen molar-refractivity contribution in [3.63, 3.8) is 0 Å². The number of halogens is 1. The second kappa shape index (κ2) is 10.00. The van der Waals surface area contributed by atoms with Gasteiger partial charge in [-0.2, -0.15) is 0 Å². The molecular weight excluding hydrogens is 486 g/mol. The number of imide groups is 1. The SMILES string of the molecule is CC1(C)C(=O)NC(=O)N1CCC(CS(=O)(=O)c1ccccc1Oc1ccc(Cl)cc1)N(O)C=O. The van der Waals surface area contributed by atoms with E-state index >= 15 is 0 Å². The van der Waals surface area contributed by atoms with Crippen molar-refractivity contribution < 1.29 is 32.7 Å². The fraction of sp³-hybridized carbons (Fsp3) is 0.318. The van der Waals surface area contributed by atoms with Crippen molar-refractivity contribution in [2.45, 2.75) is 36.7 Å². The van der Waals surface area contributed by atoms with E-state index in [1.165, 1.54) is 23.1 Å². The van der Waals surface area contributed by atoms with Gasteiger partial charge in [-0.15, -0.1) is 0 Å². The quantitative estimate of drug-likeness (QED) is 0.218. The summed E-state index contributed by atoms with van der Waals surface area (Å²) in [5.41, 5.74) is -1.15. The zero-order chi connectivity index (χ0) is 25.1. The van der Waals surface area contributed by atoms with Crippen molar-refractivity contribution >= 4 is 39.8 Å². The number of rotatable bonds is 10. The van der Waals surface area contributed by atoms with Crippen LogP contribution in [0.2, 0.25) is 5.02 Å². The molecule has 10 nitrogen and oxygen atoms in total. The number of carbonyl (C=O) groups is 3. The third kappa shape index (κ3) is 5.49. The predicted octanol–water partition coefficient (Wildman–Crippen LogP) is 2.84. The summed E-state index contributed by atoms with van der Waals surface area (Å²) < 4.78 is 32.3. The Hall–Kier alpha value is -3.15. The Morgan fingerprint density at radius 3 is 2.41 bits per heavy atom. The second-order valence-corrected chi connectivity index (χ2v) is 10.6. The van der Waals surface area contributed by atoms with Gasteiger partial charge in [-0.1, -0.05) is 23.7 Å². The molecule has 12 heteroatoms. The summed E-state index contributed by atoms with van der Waals surface area (Å²) in [4.78, 5) is 36.4. The van der Waals surface area contributed by atoms with E-state index in [1.807, 2.05) is 0 Å². The van der Waals surface area contributed by atoms with Gasteiger partial charge in [0.1, 0.15) is 21.9 Å². The van der Waals surface area contributed by atoms with Crippen molar-refractivity contribution in [3.8, 4) is 11.5 Å². The highest BCUT2D eigenvalue weighted by molar-refractivity contribution is 7.91. The van der Waals surface area contributed by atoms with E-state index in [0.29, 0.717) is 10.8 Å². The first kappa shape index (κ1) is 25.5. The molecule has 1 fully saturated rings. The first-order chi connectivity index (χ1) is 16.0. The molecule has 1 heterocycles. The lowest BCUT2D eigenvalue weighted by Crippen LogP contribution is -2.47. The molecule has 0 aliphatic carbocycles. The second-order valence-electron chi connectivity index (χ2n) is 8.18. The number of nitrogens with zero attached hydrogens (tertiary/aromatic N) is 2. The van der Waals surface area contributed by atoms with Gasteiger partial charge in [0, 0.05) is 11.6 Å². The number of amides is 4. The van der Waals surface area contributed by atoms with Crippen LogP contribution in [0.4, 0.5) is 4.79 Å². The Morgan fingerprint density at radius 1 is 1.18 bits per heavy atom. The van der Waals surface area contributed by atoms with Gasteiger partial charge >= 0.3 is 6.03 Å². The van der Waals surface area contributed by atoms with Crippen molar-refractivity contribution in [2.75, 3.05) is 12.3 Å². The molecule has 4 amide bonds. The minimum Gasteiger partial charge on any atom is -0.456 e. The first-order valence-electron chi connectivity index (χ1n) is 10.3. The average Bonchev–Trinajstić information content (AvgIpc) is 2.98. The Kier molecular flexibility index (Phi) is 7.49. The van der Waals surface area contributed by atoms with E-state index in [1.54, 1.807) is 44.2 Å². The number of benzene rings is 2. The Morgan fingerprint density at radius 2 is 1.82 bits per heavy atom. The van der Waals surface area contributed by atoms with Gasteiger partial charge in [0.25, 0.3) is 5.91 Å². The van der Waals surface area contributed by atoms with Crippen LogP contribution in [-0.2, 0) is 19.4 Å². The maximum atomic E-state index is 13.3. The summed E-state index contributed by atoms with van der Waals surface area (Å²) in [5.74, 6) is -0.712. The molecule has 0 aromatic heterocycles. The number of nitrogens with one attached hydrogen (secondary N) is 1. The Balaban J connectivity index is 1.82. The predicted molar refractivity (Wildman–Crippen MR) is 122 cm³/mol. The van der Waals surface area contributed by atoms with Crippen LogP contribution in [0.25, 0.3) is 0 Å². The van der Waals surface area contributed by atoms with Crippen LogP contribution >= 0.6 is 11.6 Å². The highest BCUT2D eigenvalue weighted by Crippen LogP contribution is 2.31. The van der Waals surface area contributed by atoms with Crippen LogP contribution in [0, 0.1) is 0 Å². The number of carbonyl (C=O) groups excluding carboxylic acids is 3. The number of sulfone groups is 1. The molecule has 1 atom stereocenters. The largest absolute Gasteiger partial charge is 0.456 e. The molecule has 182 valence electrons. The maximum absolute atomic E-state index is 13.3. The molecule has 2 aromatic rings. The summed E-state index contributed by atoms with van der Waals surface area (Å²) in [6.07, 6.45) is -0.00451. The monoisotopic (exact) mass is 509 g/mol. The lowest BCUT2D eigenvalue weighted by molar-refractivity contribution is -0.159. The van der Waals surface area contributed by atoms with Crippen LogP contribution in [-0.4, -0.2) is 65.8 Å². The zero-order valence-corrected chi connectivity index (χ0v) is 20.0. The van der Waals surface area contributed by atoms with Crippen molar-refractivity contribution in [1.29, 1.82) is 0 Å². The lowest BCUT2D eigenvalue weighted by Gasteiger charge is -2.30. The molecule has 0 spiro atoms. The molecule has 0 radical (unpaired) electrons. The fourth-order valence-corrected chi connectivity index (χ4v) is 5.33. The molecular formula is C22H24ClN3O7S. The molecule has 1 saturated heterocycles. The summed E-state index contributed by atoms with van der Waals surface area (Å²) in [6.45, 7) is 3.01. The maximum Gasteiger partial charge on any atom is 0.324 e. The number of hydrogen-bond acceptors (Lipinski definition) is 7. The third-order valence-electron chi connectivity index (χ3n) is 5.50. The first-order valence-corrected chi connectivity index (χ1v) is 12.3. The fourth-order valence-electron chi connectivity index (χ4n) is 3.50. The van der Waals surface area contributed by atoms with Gasteiger partial charge in [0.2, 0.25) is 6.41 Å². The van der Waals surface area contributed by atoms with Crippen LogP contribution in [0.1, 0.15) is 20.3 Å². The minimum absolute atomic E-state index is 0.0600. The van der Waals surface area contributed by atoms with Crippen LogP contribution < -0.4 is 10.1 Å². The van der Waals surface area contributed by atoms with Crippen LogP contribution in [0.15, 0.2) is 53.4 Å². The topological polar surface area (TPSA) is 133 Å². The molecule has 0 bridgehead atoms. The van der Waals surface area contributed by atoms with E-state index in [2.05, 4.69) is 5.32 Å². The zero-order valence-electron chi connectivity index (χ0n) is 18.5. The lowest BCUT2D eigenvalue weighted by atomic mass is 10.0. The van der Waals surface area contributed by atoms with Gasteiger partial charge in [0.15, 0.2) is 9.84 Å². The Labute approximate surface area is 201 Å². The molecule has 2 N–H and O–H groups in total. The van der Waals surface area contributed by atoms with Crippen molar-refractivity contribution in [3.05, 3.63) is 53.6 Å². The van der Waals surface area contributed by atoms with Gasteiger partial charge in [-0.25, -0.2) is 18.3 Å². The number of para-hydroxylation sites is 1. The smallest absolute Gasteiger partial charge is 0.324 e. The van der Waals surface area contributed by atoms with E-state index in [-0.39, 0.29) is 35.1 Å². The molecule has 0 saturated carbocycles. The van der Waals surface area contributed by atoms with Gasteiger partial charge in [0.05, 0.1) is 11.8 Å². The third-order valence-corrected chi connectivity index (χ3v) is 7.58. The molecule has 2 aromatic carbocycles. The average molecular weight is 510 g/mol. The van der Waals surface area contributed by atoms with Crippen molar-refractivity contribution in [2.24, 2.45) is 0 Å². The van der Waals surface area contributed by atoms with Crippen LogP contribution in [0.3, 0.4) is 0 Å². The molecule has 1 unspecified atom stereocenters. The van der Waals surface area contributed by atoms with E-state index in [4.69, 9.17) is 16.3 Å². The number of hydrogen-bond donors (Lipinski definition) is 2. The summed E-state index contributed by atoms with van der Waals surface area (Å²) in [7, 11) is -4.07. The van der Waals surface area contributed by atoms with Crippen molar-refractivity contribution in [1.82, 2.24) is 15.3 Å². The summed E-state index contributed by atoms with van der Waals surface area (Å²) in [6, 6.07) is 10.5. The van der Waals surface area contributed by atoms with Gasteiger partial charge in [-0.05, 0) is 56.7 Å². The van der Waals surface area contributed by atoms with E-state index in [0.717, 1.165) is 0 Å². The minimum atomic E-state index is -4.07. The normalized spacial score (nSPS) is 16.2. The van der Waals surface area contributed by atoms with Gasteiger partial charge in [-0.3, -0.25) is 20.1 Å². The van der Waals surface area contributed by atoms with E-state index < -0.39 is 39.1 Å². The number of hydroxylamine groups is 2.